The number of rotatable bonds is 3. The highest BCUT2D eigenvalue weighted by Gasteiger charge is 2.05. The van der Waals surface area contributed by atoms with Crippen LogP contribution in [0.1, 0.15) is 16.8 Å². The van der Waals surface area contributed by atoms with Gasteiger partial charge in [0.1, 0.15) is 11.8 Å². The first-order chi connectivity index (χ1) is 8.70. The molecule has 18 heavy (non-hydrogen) atoms. The number of nitriles is 1. The van der Waals surface area contributed by atoms with Crippen LogP contribution in [0.2, 0.25) is 0 Å². The Morgan fingerprint density at radius 2 is 2.22 bits per heavy atom. The summed E-state index contributed by atoms with van der Waals surface area (Å²) in [5.41, 5.74) is 9.30. The Hall–Kier alpha value is -1.99. The zero-order chi connectivity index (χ0) is 13.0. The summed E-state index contributed by atoms with van der Waals surface area (Å²) < 4.78 is 0. The number of thioether (sulfide) groups is 1. The van der Waals surface area contributed by atoms with Gasteiger partial charge in [-0.25, -0.2) is 4.98 Å². The van der Waals surface area contributed by atoms with Crippen LogP contribution in [0.4, 0.5) is 5.69 Å². The molecule has 0 radical (unpaired) electrons. The fraction of sp³-hybridized carbons (Fsp3) is 0.143. The summed E-state index contributed by atoms with van der Waals surface area (Å²) >= 11 is 1.62. The van der Waals surface area contributed by atoms with Crippen LogP contribution in [0.15, 0.2) is 41.4 Å². The van der Waals surface area contributed by atoms with E-state index in [9.17, 15) is 0 Å². The monoisotopic (exact) mass is 255 g/mol. The van der Waals surface area contributed by atoms with Gasteiger partial charge in [-0.15, -0.1) is 11.8 Å². The quantitative estimate of drug-likeness (QED) is 0.676. The zero-order valence-corrected chi connectivity index (χ0v) is 10.9. The summed E-state index contributed by atoms with van der Waals surface area (Å²) in [6, 6.07) is 11.9. The number of anilines is 1. The Kier molecular flexibility index (Phi) is 3.85. The average Bonchev–Trinajstić information content (AvgIpc) is 2.38. The zero-order valence-electron chi connectivity index (χ0n) is 10.1. The molecule has 0 amide bonds. The summed E-state index contributed by atoms with van der Waals surface area (Å²) in [6.07, 6.45) is 1.63. The minimum atomic E-state index is 0.482. The minimum absolute atomic E-state index is 0.482. The van der Waals surface area contributed by atoms with Crippen LogP contribution in [-0.4, -0.2) is 4.98 Å². The molecule has 1 heterocycles. The lowest BCUT2D eigenvalue weighted by Crippen LogP contribution is -1.93. The van der Waals surface area contributed by atoms with E-state index in [1.165, 1.54) is 0 Å². The Morgan fingerprint density at radius 3 is 2.94 bits per heavy atom. The summed E-state index contributed by atoms with van der Waals surface area (Å²) in [5, 5.41) is 8.96. The molecule has 0 aliphatic heterocycles. The molecule has 0 fully saturated rings. The lowest BCUT2D eigenvalue weighted by Gasteiger charge is -2.07. The fourth-order valence-corrected chi connectivity index (χ4v) is 2.54. The van der Waals surface area contributed by atoms with Crippen LogP contribution in [0.3, 0.4) is 0 Å². The third kappa shape index (κ3) is 2.82. The molecule has 2 aromatic rings. The number of aryl methyl sites for hydroxylation is 1. The first-order valence-electron chi connectivity index (χ1n) is 5.53. The van der Waals surface area contributed by atoms with Crippen molar-refractivity contribution < 1.29 is 0 Å². The second-order valence-corrected chi connectivity index (χ2v) is 4.97. The van der Waals surface area contributed by atoms with Crippen molar-refractivity contribution in [2.75, 3.05) is 5.73 Å². The molecule has 0 saturated carbocycles. The van der Waals surface area contributed by atoms with Crippen molar-refractivity contribution in [3.05, 3.63) is 53.3 Å². The Bertz CT molecular complexity index is 602. The third-order valence-corrected chi connectivity index (χ3v) is 3.68. The minimum Gasteiger partial charge on any atom is -0.398 e. The van der Waals surface area contributed by atoms with E-state index in [1.807, 2.05) is 37.3 Å². The molecule has 0 unspecified atom stereocenters. The Labute approximate surface area is 111 Å². The third-order valence-electron chi connectivity index (χ3n) is 2.55. The molecule has 1 aromatic heterocycles. The maximum Gasteiger partial charge on any atom is 0.144 e. The number of aromatic nitrogens is 1. The van der Waals surface area contributed by atoms with E-state index >= 15 is 0 Å². The number of pyridine rings is 1. The van der Waals surface area contributed by atoms with E-state index < -0.39 is 0 Å². The summed E-state index contributed by atoms with van der Waals surface area (Å²) in [5.74, 6) is 0.698. The largest absolute Gasteiger partial charge is 0.398 e. The molecule has 2 N–H and O–H groups in total. The van der Waals surface area contributed by atoms with Crippen LogP contribution in [-0.2, 0) is 5.75 Å². The molecular formula is C14H13N3S. The van der Waals surface area contributed by atoms with Gasteiger partial charge in [-0.2, -0.15) is 5.26 Å². The van der Waals surface area contributed by atoms with E-state index in [-0.39, 0.29) is 0 Å². The van der Waals surface area contributed by atoms with E-state index in [4.69, 9.17) is 11.0 Å². The van der Waals surface area contributed by atoms with Gasteiger partial charge < -0.3 is 5.73 Å². The summed E-state index contributed by atoms with van der Waals surface area (Å²) in [7, 11) is 0. The molecule has 0 atom stereocenters. The molecule has 0 saturated heterocycles. The molecule has 0 spiro atoms. The van der Waals surface area contributed by atoms with Gasteiger partial charge in [-0.05, 0) is 36.2 Å². The molecule has 4 heteroatoms. The molecule has 0 bridgehead atoms. The van der Waals surface area contributed by atoms with E-state index in [2.05, 4.69) is 11.1 Å². The molecule has 2 rings (SSSR count). The van der Waals surface area contributed by atoms with Crippen molar-refractivity contribution in [1.29, 1.82) is 5.26 Å². The van der Waals surface area contributed by atoms with Gasteiger partial charge in [0, 0.05) is 22.5 Å². The number of benzene rings is 1. The smallest absolute Gasteiger partial charge is 0.144 e. The maximum atomic E-state index is 8.96. The van der Waals surface area contributed by atoms with Crippen LogP contribution < -0.4 is 5.73 Å². The van der Waals surface area contributed by atoms with E-state index in [1.54, 1.807) is 18.0 Å². The van der Waals surface area contributed by atoms with Crippen molar-refractivity contribution in [3.63, 3.8) is 0 Å². The Balaban J connectivity index is 2.14. The summed E-state index contributed by atoms with van der Waals surface area (Å²) in [6.45, 7) is 2.01. The van der Waals surface area contributed by atoms with Gasteiger partial charge in [0.15, 0.2) is 0 Å². The molecular weight excluding hydrogens is 242 g/mol. The van der Waals surface area contributed by atoms with Gasteiger partial charge in [0.05, 0.1) is 0 Å². The number of hydrogen-bond donors (Lipinski definition) is 1. The maximum absolute atomic E-state index is 8.96. The molecule has 3 nitrogen and oxygen atoms in total. The van der Waals surface area contributed by atoms with Crippen molar-refractivity contribution in [3.8, 4) is 6.07 Å². The first-order valence-corrected chi connectivity index (χ1v) is 6.52. The normalized spacial score (nSPS) is 10.0. The number of nitrogens with zero attached hydrogens (tertiary/aromatic N) is 2. The highest BCUT2D eigenvalue weighted by molar-refractivity contribution is 7.98. The average molecular weight is 255 g/mol. The van der Waals surface area contributed by atoms with E-state index in [0.29, 0.717) is 11.4 Å². The van der Waals surface area contributed by atoms with Gasteiger partial charge >= 0.3 is 0 Å². The topological polar surface area (TPSA) is 62.7 Å². The van der Waals surface area contributed by atoms with Crippen LogP contribution >= 0.6 is 11.8 Å². The summed E-state index contributed by atoms with van der Waals surface area (Å²) in [4.78, 5) is 5.08. The second kappa shape index (κ2) is 5.56. The van der Waals surface area contributed by atoms with Gasteiger partial charge in [0.25, 0.3) is 0 Å². The highest BCUT2D eigenvalue weighted by Crippen LogP contribution is 2.29. The standard InChI is InChI=1S/C14H13N3S/c1-10-4-5-14(12(16)7-10)18-9-11-3-2-6-17-13(11)8-15/h2-7H,9,16H2,1H3. The fourth-order valence-electron chi connectivity index (χ4n) is 1.61. The SMILES string of the molecule is Cc1ccc(SCc2cccnc2C#N)c(N)c1. The van der Waals surface area contributed by atoms with Crippen LogP contribution in [0, 0.1) is 18.3 Å². The lowest BCUT2D eigenvalue weighted by atomic mass is 10.2. The van der Waals surface area contributed by atoms with Gasteiger partial charge in [-0.1, -0.05) is 12.1 Å². The van der Waals surface area contributed by atoms with Crippen molar-refractivity contribution in [1.82, 2.24) is 4.98 Å². The van der Waals surface area contributed by atoms with Crippen molar-refractivity contribution in [2.24, 2.45) is 0 Å². The molecule has 0 aliphatic carbocycles. The van der Waals surface area contributed by atoms with Gasteiger partial charge in [0.2, 0.25) is 0 Å². The predicted molar refractivity (Wildman–Crippen MR) is 74.1 cm³/mol. The van der Waals surface area contributed by atoms with Crippen LogP contribution in [0.5, 0.6) is 0 Å². The van der Waals surface area contributed by atoms with Crippen molar-refractivity contribution >= 4 is 17.4 Å². The second-order valence-electron chi connectivity index (χ2n) is 3.95. The van der Waals surface area contributed by atoms with Crippen LogP contribution in [0.25, 0.3) is 0 Å². The predicted octanol–water partition coefficient (Wildman–Crippen LogP) is 3.14. The Morgan fingerprint density at radius 1 is 1.39 bits per heavy atom. The number of nitrogens with two attached hydrogens (primary N) is 1. The number of hydrogen-bond acceptors (Lipinski definition) is 4. The highest BCUT2D eigenvalue weighted by atomic mass is 32.2. The van der Waals surface area contributed by atoms with E-state index in [0.717, 1.165) is 21.7 Å². The molecule has 90 valence electrons. The lowest BCUT2D eigenvalue weighted by molar-refractivity contribution is 1.19. The van der Waals surface area contributed by atoms with Crippen molar-refractivity contribution in [2.45, 2.75) is 17.6 Å². The number of nitrogen functional groups attached to an aromatic ring is 1. The molecule has 1 aromatic carbocycles. The molecule has 0 aliphatic rings. The van der Waals surface area contributed by atoms with Gasteiger partial charge in [-0.3, -0.25) is 0 Å². The first kappa shape index (κ1) is 12.5.